The van der Waals surface area contributed by atoms with Crippen LogP contribution in [0.4, 0.5) is 13.2 Å². The predicted molar refractivity (Wildman–Crippen MR) is 87.1 cm³/mol. The standard InChI is InChI=1S/C17H13F3N6/c1-17(19,20)16-23-14(24-25-16)13-9-26-6-5-21-15(26)12(22-13)8-10-3-2-4-11(18)7-10/h2-7,9H,8H2,1H3,(H,23,24,25). The molecule has 0 fully saturated rings. The Morgan fingerprint density at radius 1 is 1.23 bits per heavy atom. The summed E-state index contributed by atoms with van der Waals surface area (Å²) in [6, 6.07) is 6.16. The SMILES string of the molecule is CC(F)(F)c1nc(-c2cn3ccnc3c(Cc3cccc(F)c3)n2)n[nH]1. The lowest BCUT2D eigenvalue weighted by Crippen LogP contribution is -2.09. The third-order valence-corrected chi connectivity index (χ3v) is 3.83. The molecule has 3 heterocycles. The monoisotopic (exact) mass is 358 g/mol. The first-order valence-corrected chi connectivity index (χ1v) is 7.78. The zero-order chi connectivity index (χ0) is 18.3. The summed E-state index contributed by atoms with van der Waals surface area (Å²) in [5.74, 6) is -3.96. The molecule has 0 bridgehead atoms. The van der Waals surface area contributed by atoms with Gasteiger partial charge in [-0.05, 0) is 17.7 Å². The minimum atomic E-state index is -3.13. The third-order valence-electron chi connectivity index (χ3n) is 3.83. The molecule has 0 aliphatic heterocycles. The van der Waals surface area contributed by atoms with Gasteiger partial charge in [-0.3, -0.25) is 5.10 Å². The van der Waals surface area contributed by atoms with Gasteiger partial charge in [0.2, 0.25) is 5.82 Å². The predicted octanol–water partition coefficient (Wildman–Crippen LogP) is 3.36. The van der Waals surface area contributed by atoms with Crippen molar-refractivity contribution >= 4 is 5.65 Å². The highest BCUT2D eigenvalue weighted by Crippen LogP contribution is 2.25. The molecule has 0 aliphatic carbocycles. The number of imidazole rings is 1. The molecule has 0 aliphatic rings. The molecule has 0 unspecified atom stereocenters. The van der Waals surface area contributed by atoms with E-state index in [9.17, 15) is 13.2 Å². The summed E-state index contributed by atoms with van der Waals surface area (Å²) in [6.45, 7) is 0.735. The number of rotatable bonds is 4. The molecule has 0 saturated heterocycles. The van der Waals surface area contributed by atoms with Gasteiger partial charge in [-0.15, -0.1) is 0 Å². The average molecular weight is 358 g/mol. The van der Waals surface area contributed by atoms with Gasteiger partial charge in [-0.25, -0.2) is 19.3 Å². The highest BCUT2D eigenvalue weighted by molar-refractivity contribution is 5.55. The molecule has 3 aromatic heterocycles. The van der Waals surface area contributed by atoms with Crippen molar-refractivity contribution in [2.45, 2.75) is 19.3 Å². The summed E-state index contributed by atoms with van der Waals surface area (Å²) in [5, 5.41) is 6.07. The number of halogens is 3. The van der Waals surface area contributed by atoms with Crippen LogP contribution in [0.3, 0.4) is 0 Å². The van der Waals surface area contributed by atoms with E-state index in [-0.39, 0.29) is 11.6 Å². The van der Waals surface area contributed by atoms with E-state index in [4.69, 9.17) is 0 Å². The van der Waals surface area contributed by atoms with Gasteiger partial charge >= 0.3 is 5.92 Å². The lowest BCUT2D eigenvalue weighted by molar-refractivity contribution is 0.00813. The second-order valence-electron chi connectivity index (χ2n) is 5.93. The normalized spacial score (nSPS) is 12.0. The van der Waals surface area contributed by atoms with E-state index in [1.807, 2.05) is 0 Å². The molecule has 6 nitrogen and oxygen atoms in total. The highest BCUT2D eigenvalue weighted by Gasteiger charge is 2.29. The van der Waals surface area contributed by atoms with Gasteiger partial charge in [0, 0.05) is 31.9 Å². The van der Waals surface area contributed by atoms with Gasteiger partial charge in [-0.1, -0.05) is 12.1 Å². The summed E-state index contributed by atoms with van der Waals surface area (Å²) in [5.41, 5.74) is 2.19. The van der Waals surface area contributed by atoms with Crippen LogP contribution in [0.5, 0.6) is 0 Å². The summed E-state index contributed by atoms with van der Waals surface area (Å²) in [7, 11) is 0. The van der Waals surface area contributed by atoms with Crippen molar-refractivity contribution in [3.8, 4) is 11.5 Å². The van der Waals surface area contributed by atoms with Crippen molar-refractivity contribution in [1.82, 2.24) is 29.5 Å². The number of alkyl halides is 2. The Morgan fingerprint density at radius 3 is 2.81 bits per heavy atom. The van der Waals surface area contributed by atoms with E-state index >= 15 is 0 Å². The van der Waals surface area contributed by atoms with Crippen LogP contribution in [0.15, 0.2) is 42.9 Å². The number of nitrogens with zero attached hydrogens (tertiary/aromatic N) is 5. The molecule has 0 spiro atoms. The lowest BCUT2D eigenvalue weighted by atomic mass is 10.1. The summed E-state index contributed by atoms with van der Waals surface area (Å²) >= 11 is 0. The topological polar surface area (TPSA) is 71.8 Å². The molecule has 0 radical (unpaired) electrons. The molecule has 0 atom stereocenters. The van der Waals surface area contributed by atoms with E-state index in [0.717, 1.165) is 12.5 Å². The number of fused-ring (bicyclic) bond motifs is 1. The molecule has 0 amide bonds. The molecule has 4 rings (SSSR count). The van der Waals surface area contributed by atoms with Crippen molar-refractivity contribution in [2.75, 3.05) is 0 Å². The number of H-pyrrole nitrogens is 1. The Hall–Kier alpha value is -3.23. The molecule has 9 heteroatoms. The zero-order valence-electron chi connectivity index (χ0n) is 13.6. The maximum atomic E-state index is 13.4. The Labute approximate surface area is 145 Å². The number of aromatic amines is 1. The summed E-state index contributed by atoms with van der Waals surface area (Å²) in [6.07, 6.45) is 5.24. The molecular weight excluding hydrogens is 345 g/mol. The van der Waals surface area contributed by atoms with Gasteiger partial charge in [0.05, 0.1) is 5.69 Å². The van der Waals surface area contributed by atoms with E-state index in [0.29, 0.717) is 23.5 Å². The third kappa shape index (κ3) is 3.03. The van der Waals surface area contributed by atoms with E-state index in [1.165, 1.54) is 12.1 Å². The second kappa shape index (κ2) is 5.94. The van der Waals surface area contributed by atoms with Gasteiger partial charge in [0.1, 0.15) is 11.5 Å². The van der Waals surface area contributed by atoms with Crippen LogP contribution in [-0.2, 0) is 12.3 Å². The van der Waals surface area contributed by atoms with E-state index < -0.39 is 11.7 Å². The number of nitrogens with one attached hydrogen (secondary N) is 1. The quantitative estimate of drug-likeness (QED) is 0.607. The number of hydrogen-bond acceptors (Lipinski definition) is 4. The van der Waals surface area contributed by atoms with Crippen LogP contribution in [0, 0.1) is 5.82 Å². The van der Waals surface area contributed by atoms with Crippen molar-refractivity contribution < 1.29 is 13.2 Å². The van der Waals surface area contributed by atoms with Gasteiger partial charge in [-0.2, -0.15) is 13.9 Å². The maximum absolute atomic E-state index is 13.4. The van der Waals surface area contributed by atoms with Gasteiger partial charge < -0.3 is 4.40 Å². The zero-order valence-corrected chi connectivity index (χ0v) is 13.6. The Kier molecular flexibility index (Phi) is 3.71. The van der Waals surface area contributed by atoms with Crippen LogP contribution in [0.2, 0.25) is 0 Å². The van der Waals surface area contributed by atoms with Crippen molar-refractivity contribution in [3.63, 3.8) is 0 Å². The first-order valence-electron chi connectivity index (χ1n) is 7.78. The Morgan fingerprint density at radius 2 is 2.08 bits per heavy atom. The lowest BCUT2D eigenvalue weighted by Gasteiger charge is -2.06. The Bertz CT molecular complexity index is 1080. The highest BCUT2D eigenvalue weighted by atomic mass is 19.3. The molecule has 0 saturated carbocycles. The van der Waals surface area contributed by atoms with Crippen LogP contribution in [0.1, 0.15) is 24.0 Å². The summed E-state index contributed by atoms with van der Waals surface area (Å²) < 4.78 is 41.9. The minimum absolute atomic E-state index is 0.0533. The Balaban J connectivity index is 1.78. The van der Waals surface area contributed by atoms with Crippen LogP contribution in [-0.4, -0.2) is 29.5 Å². The average Bonchev–Trinajstić information content (AvgIpc) is 3.24. The molecule has 4 aromatic rings. The molecule has 26 heavy (non-hydrogen) atoms. The van der Waals surface area contributed by atoms with Crippen molar-refractivity contribution in [2.24, 2.45) is 0 Å². The molecule has 1 N–H and O–H groups in total. The fourth-order valence-electron chi connectivity index (χ4n) is 2.64. The largest absolute Gasteiger partial charge is 0.303 e. The first kappa shape index (κ1) is 16.2. The molecule has 1 aromatic carbocycles. The smallest absolute Gasteiger partial charge is 0.303 e. The fraction of sp³-hybridized carbons (Fsp3) is 0.176. The van der Waals surface area contributed by atoms with E-state index in [1.54, 1.807) is 35.1 Å². The van der Waals surface area contributed by atoms with E-state index in [2.05, 4.69) is 25.1 Å². The minimum Gasteiger partial charge on any atom is -0.303 e. The van der Waals surface area contributed by atoms with Crippen molar-refractivity contribution in [1.29, 1.82) is 0 Å². The number of benzene rings is 1. The van der Waals surface area contributed by atoms with Crippen LogP contribution in [0.25, 0.3) is 17.2 Å². The fourth-order valence-corrected chi connectivity index (χ4v) is 2.64. The summed E-state index contributed by atoms with van der Waals surface area (Å²) in [4.78, 5) is 12.6. The number of aromatic nitrogens is 6. The number of hydrogen-bond donors (Lipinski definition) is 1. The van der Waals surface area contributed by atoms with Crippen LogP contribution < -0.4 is 0 Å². The van der Waals surface area contributed by atoms with Gasteiger partial charge in [0.15, 0.2) is 11.5 Å². The van der Waals surface area contributed by atoms with Crippen LogP contribution >= 0.6 is 0 Å². The maximum Gasteiger partial charge on any atom is 0.303 e. The second-order valence-corrected chi connectivity index (χ2v) is 5.93. The first-order chi connectivity index (χ1) is 12.4. The molecular formula is C17H13F3N6. The van der Waals surface area contributed by atoms with Gasteiger partial charge in [0.25, 0.3) is 0 Å². The molecule has 132 valence electrons. The van der Waals surface area contributed by atoms with Crippen molar-refractivity contribution in [3.05, 3.63) is 65.8 Å².